The van der Waals surface area contributed by atoms with Gasteiger partial charge < -0.3 is 15.0 Å². The van der Waals surface area contributed by atoms with Crippen LogP contribution in [0.4, 0.5) is 0 Å². The second kappa shape index (κ2) is 9.45. The number of rotatable bonds is 8. The Morgan fingerprint density at radius 3 is 2.52 bits per heavy atom. The van der Waals surface area contributed by atoms with Crippen molar-refractivity contribution in [1.82, 2.24) is 10.2 Å². The minimum atomic E-state index is -0.0561. The van der Waals surface area contributed by atoms with Gasteiger partial charge in [0, 0.05) is 31.7 Å². The van der Waals surface area contributed by atoms with Crippen molar-refractivity contribution >= 4 is 5.91 Å². The van der Waals surface area contributed by atoms with Gasteiger partial charge in [-0.15, -0.1) is 0 Å². The van der Waals surface area contributed by atoms with E-state index in [-0.39, 0.29) is 5.91 Å². The van der Waals surface area contributed by atoms with Crippen LogP contribution >= 0.6 is 0 Å². The van der Waals surface area contributed by atoms with Crippen LogP contribution in [-0.2, 0) is 6.54 Å². The molecule has 0 spiro atoms. The highest BCUT2D eigenvalue weighted by molar-refractivity contribution is 5.94. The third kappa shape index (κ3) is 5.18. The lowest BCUT2D eigenvalue weighted by Gasteiger charge is -2.16. The minimum absolute atomic E-state index is 0.0561. The zero-order chi connectivity index (χ0) is 20.1. The Morgan fingerprint density at radius 1 is 1.07 bits per heavy atom. The van der Waals surface area contributed by atoms with Crippen molar-refractivity contribution in [3.8, 4) is 5.75 Å². The minimum Gasteiger partial charge on any atom is -0.494 e. The molecule has 2 atom stereocenters. The third-order valence-electron chi connectivity index (χ3n) is 6.51. The average molecular weight is 393 g/mol. The van der Waals surface area contributed by atoms with Crippen LogP contribution in [0, 0.1) is 18.8 Å². The Balaban J connectivity index is 1.17. The summed E-state index contributed by atoms with van der Waals surface area (Å²) >= 11 is 0. The molecular formula is C25H32N2O2. The first-order valence-electron chi connectivity index (χ1n) is 11.0. The number of hydrogen-bond donors (Lipinski definition) is 1. The lowest BCUT2D eigenvalue weighted by Crippen LogP contribution is -2.24. The van der Waals surface area contributed by atoms with E-state index in [1.807, 2.05) is 42.5 Å². The van der Waals surface area contributed by atoms with Crippen LogP contribution in [0.5, 0.6) is 5.75 Å². The highest BCUT2D eigenvalue weighted by Crippen LogP contribution is 2.37. The van der Waals surface area contributed by atoms with Gasteiger partial charge in [-0.05, 0) is 73.4 Å². The Hall–Kier alpha value is -2.33. The van der Waals surface area contributed by atoms with Crippen molar-refractivity contribution in [2.24, 2.45) is 11.8 Å². The second-order valence-corrected chi connectivity index (χ2v) is 8.55. The second-order valence-electron chi connectivity index (χ2n) is 8.55. The van der Waals surface area contributed by atoms with E-state index in [2.05, 4.69) is 23.2 Å². The van der Waals surface area contributed by atoms with Gasteiger partial charge in [0.15, 0.2) is 0 Å². The van der Waals surface area contributed by atoms with E-state index in [1.165, 1.54) is 37.9 Å². The van der Waals surface area contributed by atoms with Crippen LogP contribution in [0.15, 0.2) is 48.5 Å². The smallest absolute Gasteiger partial charge is 0.251 e. The van der Waals surface area contributed by atoms with Crippen molar-refractivity contribution in [1.29, 1.82) is 0 Å². The fourth-order valence-electron chi connectivity index (χ4n) is 4.78. The number of ether oxygens (including phenoxy) is 1. The topological polar surface area (TPSA) is 41.6 Å². The van der Waals surface area contributed by atoms with Crippen LogP contribution in [0.2, 0.25) is 0 Å². The first-order chi connectivity index (χ1) is 14.2. The molecule has 4 heteroatoms. The molecule has 2 aromatic rings. The Labute approximate surface area is 174 Å². The quantitative estimate of drug-likeness (QED) is 0.676. The van der Waals surface area contributed by atoms with Gasteiger partial charge in [-0.25, -0.2) is 0 Å². The van der Waals surface area contributed by atoms with Crippen molar-refractivity contribution in [2.45, 2.75) is 39.2 Å². The number of nitrogens with one attached hydrogen (secondary N) is 1. The number of carbonyl (C=O) groups excluding carboxylic acids is 1. The standard InChI is InChI=1S/C25H32N2O2/c1-19-6-2-3-7-21(19)16-26-25(28)20-10-12-24(13-11-20)29-15-5-14-27-17-22-8-4-9-23(22)18-27/h2-3,6-7,10-13,22-23H,4-5,8-9,14-18H2,1H3,(H,26,28). The van der Waals surface area contributed by atoms with Gasteiger partial charge in [-0.3, -0.25) is 4.79 Å². The van der Waals surface area contributed by atoms with E-state index in [9.17, 15) is 4.79 Å². The fraction of sp³-hybridized carbons (Fsp3) is 0.480. The maximum absolute atomic E-state index is 12.4. The van der Waals surface area contributed by atoms with E-state index in [1.54, 1.807) is 0 Å². The van der Waals surface area contributed by atoms with Gasteiger partial charge in [0.25, 0.3) is 5.91 Å². The SMILES string of the molecule is Cc1ccccc1CNC(=O)c1ccc(OCCCN2CC3CCCC3C2)cc1. The van der Waals surface area contributed by atoms with Crippen molar-refractivity contribution in [3.05, 3.63) is 65.2 Å². The summed E-state index contributed by atoms with van der Waals surface area (Å²) in [6.07, 6.45) is 5.36. The van der Waals surface area contributed by atoms with Crippen LogP contribution in [0.25, 0.3) is 0 Å². The van der Waals surface area contributed by atoms with Gasteiger partial charge in [0.1, 0.15) is 5.75 Å². The lowest BCUT2D eigenvalue weighted by molar-refractivity contribution is 0.0951. The maximum Gasteiger partial charge on any atom is 0.251 e. The largest absolute Gasteiger partial charge is 0.494 e. The van der Waals surface area contributed by atoms with E-state index in [0.717, 1.165) is 42.7 Å². The molecule has 2 aliphatic rings. The molecular weight excluding hydrogens is 360 g/mol. The van der Waals surface area contributed by atoms with Crippen molar-refractivity contribution < 1.29 is 9.53 Å². The summed E-state index contributed by atoms with van der Waals surface area (Å²) in [5.74, 6) is 2.69. The van der Waals surface area contributed by atoms with Crippen LogP contribution < -0.4 is 10.1 Å². The van der Waals surface area contributed by atoms with Crippen molar-refractivity contribution in [3.63, 3.8) is 0 Å². The van der Waals surface area contributed by atoms with Crippen LogP contribution in [-0.4, -0.2) is 37.0 Å². The number of fused-ring (bicyclic) bond motifs is 1. The zero-order valence-electron chi connectivity index (χ0n) is 17.4. The molecule has 1 saturated heterocycles. The molecule has 2 unspecified atom stereocenters. The van der Waals surface area contributed by atoms with E-state index >= 15 is 0 Å². The van der Waals surface area contributed by atoms with Gasteiger partial charge in [-0.1, -0.05) is 30.7 Å². The first-order valence-corrected chi connectivity index (χ1v) is 11.0. The number of likely N-dealkylation sites (tertiary alicyclic amines) is 1. The zero-order valence-corrected chi connectivity index (χ0v) is 17.4. The van der Waals surface area contributed by atoms with E-state index in [4.69, 9.17) is 4.74 Å². The maximum atomic E-state index is 12.4. The molecule has 2 aromatic carbocycles. The molecule has 0 bridgehead atoms. The molecule has 2 fully saturated rings. The normalized spacial score (nSPS) is 21.1. The van der Waals surface area contributed by atoms with E-state index in [0.29, 0.717) is 12.1 Å². The van der Waals surface area contributed by atoms with E-state index < -0.39 is 0 Å². The molecule has 1 aliphatic carbocycles. The number of hydrogen-bond acceptors (Lipinski definition) is 3. The predicted molar refractivity (Wildman–Crippen MR) is 116 cm³/mol. The number of nitrogens with zero attached hydrogens (tertiary/aromatic N) is 1. The molecule has 1 saturated carbocycles. The Morgan fingerprint density at radius 2 is 1.79 bits per heavy atom. The summed E-state index contributed by atoms with van der Waals surface area (Å²) in [5.41, 5.74) is 2.99. The van der Waals surface area contributed by atoms with Crippen LogP contribution in [0.3, 0.4) is 0 Å². The van der Waals surface area contributed by atoms with Crippen LogP contribution in [0.1, 0.15) is 47.2 Å². The predicted octanol–water partition coefficient (Wildman–Crippen LogP) is 4.43. The highest BCUT2D eigenvalue weighted by atomic mass is 16.5. The molecule has 4 rings (SSSR count). The number of aryl methyl sites for hydroxylation is 1. The summed E-state index contributed by atoms with van der Waals surface area (Å²) in [6.45, 7) is 7.04. The Bertz CT molecular complexity index is 806. The molecule has 1 heterocycles. The monoisotopic (exact) mass is 392 g/mol. The molecule has 0 radical (unpaired) electrons. The number of amides is 1. The summed E-state index contributed by atoms with van der Waals surface area (Å²) in [4.78, 5) is 15.0. The van der Waals surface area contributed by atoms with Gasteiger partial charge in [0.05, 0.1) is 6.61 Å². The molecule has 154 valence electrons. The average Bonchev–Trinajstić information content (AvgIpc) is 3.33. The first kappa shape index (κ1) is 20.0. The van der Waals surface area contributed by atoms with Gasteiger partial charge >= 0.3 is 0 Å². The Kier molecular flexibility index (Phi) is 6.50. The van der Waals surface area contributed by atoms with Gasteiger partial charge in [-0.2, -0.15) is 0 Å². The lowest BCUT2D eigenvalue weighted by atomic mass is 10.0. The molecule has 4 nitrogen and oxygen atoms in total. The van der Waals surface area contributed by atoms with Crippen molar-refractivity contribution in [2.75, 3.05) is 26.2 Å². The number of carbonyl (C=O) groups is 1. The summed E-state index contributed by atoms with van der Waals surface area (Å²) in [6, 6.07) is 15.6. The summed E-state index contributed by atoms with van der Waals surface area (Å²) < 4.78 is 5.88. The fourth-order valence-corrected chi connectivity index (χ4v) is 4.78. The molecule has 1 amide bonds. The summed E-state index contributed by atoms with van der Waals surface area (Å²) in [5, 5.41) is 2.99. The molecule has 0 aromatic heterocycles. The highest BCUT2D eigenvalue weighted by Gasteiger charge is 2.35. The van der Waals surface area contributed by atoms with Gasteiger partial charge in [0.2, 0.25) is 0 Å². The molecule has 1 N–H and O–H groups in total. The molecule has 1 aliphatic heterocycles. The molecule has 29 heavy (non-hydrogen) atoms. The number of benzene rings is 2. The summed E-state index contributed by atoms with van der Waals surface area (Å²) in [7, 11) is 0. The third-order valence-corrected chi connectivity index (χ3v) is 6.51.